The van der Waals surface area contributed by atoms with Crippen molar-refractivity contribution in [2.45, 2.75) is 62.3 Å². The molecule has 15 rings (SSSR count). The van der Waals surface area contributed by atoms with Crippen LogP contribution in [-0.2, 0) is 0 Å². The van der Waals surface area contributed by atoms with E-state index in [9.17, 15) is 0 Å². The maximum atomic E-state index is 16.4. The van der Waals surface area contributed by atoms with Gasteiger partial charge in [-0.3, -0.25) is 4.57 Å². The summed E-state index contributed by atoms with van der Waals surface area (Å²) in [5.74, 6) is 0. The van der Waals surface area contributed by atoms with E-state index in [0.717, 1.165) is 93.6 Å². The number of para-hydroxylation sites is 2. The normalized spacial score (nSPS) is 13.2. The summed E-state index contributed by atoms with van der Waals surface area (Å²) in [5, 5.41) is 6.31. The highest BCUT2D eigenvalue weighted by atomic mass is 16.3. The van der Waals surface area contributed by atoms with E-state index in [1.54, 1.807) is 0 Å². The van der Waals surface area contributed by atoms with E-state index < -0.39 is 0 Å². The van der Waals surface area contributed by atoms with Crippen molar-refractivity contribution in [1.29, 1.82) is 0 Å². The molecule has 0 radical (unpaired) electrons. The molecule has 6 nitrogen and oxygen atoms in total. The molecule has 8 heteroatoms. The van der Waals surface area contributed by atoms with Gasteiger partial charge in [-0.1, -0.05) is 135 Å². The van der Waals surface area contributed by atoms with Crippen LogP contribution in [0.4, 0.5) is 0 Å². The van der Waals surface area contributed by atoms with Gasteiger partial charge in [-0.25, -0.2) is 13.6 Å². The van der Waals surface area contributed by atoms with Gasteiger partial charge in [0.2, 0.25) is 13.4 Å². The average Bonchev–Trinajstić information content (AvgIpc) is 4.06. The van der Waals surface area contributed by atoms with Crippen LogP contribution in [0.2, 0.25) is 0 Å². The van der Waals surface area contributed by atoms with Crippen LogP contribution in [-0.4, -0.2) is 26.8 Å². The lowest BCUT2D eigenvalue weighted by Crippen LogP contribution is -2.65. The number of hydrogen-bond donors (Lipinski definition) is 0. The number of furan rings is 2. The Labute approximate surface area is 404 Å². The first-order valence-corrected chi connectivity index (χ1v) is 24.6. The molecule has 0 unspecified atom stereocenters. The lowest BCUT2D eigenvalue weighted by atomic mass is 9.30. The molecular formula is C62H47B2N3O3. The lowest BCUT2D eigenvalue weighted by molar-refractivity contribution is 0.669. The molecule has 8 aromatic carbocycles. The summed E-state index contributed by atoms with van der Waals surface area (Å²) in [5.41, 5.74) is 28.7. The molecule has 0 fully saturated rings. The second-order valence-corrected chi connectivity index (χ2v) is 21.0. The van der Waals surface area contributed by atoms with Crippen molar-refractivity contribution in [3.63, 3.8) is 0 Å². The molecule has 0 aliphatic carbocycles. The monoisotopic (exact) mass is 903 g/mol. The van der Waals surface area contributed by atoms with Crippen molar-refractivity contribution >= 4 is 123 Å². The SMILES string of the molecule is Cc1cc(C)c(B2c3cc(-c4c(C)cc(C)cc4C)cc4c3-n3c5c2c2cc6c(cc2n5c(=O)n2c5cc7oc8ccccc8c7cc5c(c32)B4c2c(C)cc(C)cc2C)oc2ccccc26)c(C)c1. The van der Waals surface area contributed by atoms with Gasteiger partial charge in [-0.15, -0.1) is 0 Å². The first kappa shape index (κ1) is 40.0. The summed E-state index contributed by atoms with van der Waals surface area (Å²) in [6.45, 7) is 19.8. The Morgan fingerprint density at radius 1 is 0.400 bits per heavy atom. The summed E-state index contributed by atoms with van der Waals surface area (Å²) >= 11 is 0. The molecule has 0 N–H and O–H groups in total. The van der Waals surface area contributed by atoms with Gasteiger partial charge in [0.25, 0.3) is 0 Å². The molecule has 0 saturated carbocycles. The van der Waals surface area contributed by atoms with E-state index in [0.29, 0.717) is 0 Å². The van der Waals surface area contributed by atoms with Crippen LogP contribution in [0.25, 0.3) is 93.8 Å². The number of rotatable bonds is 3. The van der Waals surface area contributed by atoms with E-state index in [4.69, 9.17) is 8.83 Å². The summed E-state index contributed by atoms with van der Waals surface area (Å²) in [4.78, 5) is 16.4. The minimum absolute atomic E-state index is 0.110. The van der Waals surface area contributed by atoms with E-state index >= 15 is 4.79 Å². The number of hydrogen-bond acceptors (Lipinski definition) is 3. The molecule has 0 bridgehead atoms. The zero-order chi connectivity index (χ0) is 47.5. The second kappa shape index (κ2) is 13.4. The summed E-state index contributed by atoms with van der Waals surface area (Å²) in [6.07, 6.45) is 0. The third kappa shape index (κ3) is 4.93. The Hall–Kier alpha value is -7.96. The van der Waals surface area contributed by atoms with Gasteiger partial charge in [0.15, 0.2) is 0 Å². The zero-order valence-corrected chi connectivity index (χ0v) is 40.8. The number of aryl methyl sites for hydroxylation is 9. The van der Waals surface area contributed by atoms with Crippen molar-refractivity contribution in [2.75, 3.05) is 0 Å². The molecule has 0 amide bonds. The molecule has 70 heavy (non-hydrogen) atoms. The molecule has 13 aromatic rings. The van der Waals surface area contributed by atoms with Crippen LogP contribution < -0.4 is 38.5 Å². The van der Waals surface area contributed by atoms with Gasteiger partial charge in [-0.05, 0) is 141 Å². The Balaban J connectivity index is 1.25. The summed E-state index contributed by atoms with van der Waals surface area (Å²) in [6, 6.07) is 44.5. The fourth-order valence-electron chi connectivity index (χ4n) is 14.2. The van der Waals surface area contributed by atoms with E-state index in [2.05, 4.69) is 164 Å². The number of nitrogens with zero attached hydrogens (tertiary/aromatic N) is 3. The fourth-order valence-corrected chi connectivity index (χ4v) is 14.2. The van der Waals surface area contributed by atoms with Crippen molar-refractivity contribution < 1.29 is 8.83 Å². The number of aromatic nitrogens is 3. The van der Waals surface area contributed by atoms with Crippen LogP contribution in [0.3, 0.4) is 0 Å². The minimum atomic E-state index is -0.217. The molecule has 0 atom stereocenters. The molecule has 334 valence electrons. The highest BCUT2D eigenvalue weighted by Gasteiger charge is 2.46. The minimum Gasteiger partial charge on any atom is -0.456 e. The first-order valence-electron chi connectivity index (χ1n) is 24.6. The van der Waals surface area contributed by atoms with Gasteiger partial charge in [0, 0.05) is 39.4 Å². The van der Waals surface area contributed by atoms with Crippen molar-refractivity contribution in [3.05, 3.63) is 182 Å². The molecular weight excluding hydrogens is 856 g/mol. The lowest BCUT2D eigenvalue weighted by Gasteiger charge is -2.36. The predicted octanol–water partition coefficient (Wildman–Crippen LogP) is 10.6. The first-order chi connectivity index (χ1) is 33.8. The van der Waals surface area contributed by atoms with Crippen LogP contribution in [0.5, 0.6) is 0 Å². The Morgan fingerprint density at radius 3 is 1.23 bits per heavy atom. The highest BCUT2D eigenvalue weighted by molar-refractivity contribution is 7.03. The van der Waals surface area contributed by atoms with Gasteiger partial charge in [0.05, 0.1) is 11.0 Å². The third-order valence-corrected chi connectivity index (χ3v) is 16.4. The van der Waals surface area contributed by atoms with Crippen LogP contribution in [0.15, 0.2) is 135 Å². The maximum Gasteiger partial charge on any atom is 0.340 e. The van der Waals surface area contributed by atoms with E-state index in [-0.39, 0.29) is 19.1 Å². The third-order valence-electron chi connectivity index (χ3n) is 16.4. The number of fused-ring (bicyclic) bond motifs is 12. The second-order valence-electron chi connectivity index (χ2n) is 21.0. The number of benzene rings is 8. The van der Waals surface area contributed by atoms with Gasteiger partial charge >= 0.3 is 5.69 Å². The zero-order valence-electron chi connectivity index (χ0n) is 40.8. The van der Waals surface area contributed by atoms with Crippen LogP contribution in [0.1, 0.15) is 50.1 Å². The molecule has 0 saturated heterocycles. The highest BCUT2D eigenvalue weighted by Crippen LogP contribution is 2.39. The van der Waals surface area contributed by atoms with E-state index in [1.807, 2.05) is 33.1 Å². The van der Waals surface area contributed by atoms with Crippen LogP contribution >= 0.6 is 0 Å². The smallest absolute Gasteiger partial charge is 0.340 e. The maximum absolute atomic E-state index is 16.4. The predicted molar refractivity (Wildman–Crippen MR) is 294 cm³/mol. The van der Waals surface area contributed by atoms with Gasteiger partial charge in [0.1, 0.15) is 33.6 Å². The summed E-state index contributed by atoms with van der Waals surface area (Å²) < 4.78 is 19.8. The van der Waals surface area contributed by atoms with Crippen molar-refractivity contribution in [3.8, 4) is 16.8 Å². The summed E-state index contributed by atoms with van der Waals surface area (Å²) in [7, 11) is 0. The molecule has 5 aromatic heterocycles. The fraction of sp³-hybridized carbons (Fsp3) is 0.145. The van der Waals surface area contributed by atoms with Gasteiger partial charge < -0.3 is 8.83 Å². The van der Waals surface area contributed by atoms with Gasteiger partial charge in [-0.2, -0.15) is 0 Å². The van der Waals surface area contributed by atoms with Crippen molar-refractivity contribution in [2.24, 2.45) is 0 Å². The Bertz CT molecular complexity index is 4360. The topological polar surface area (TPSA) is 57.1 Å². The largest absolute Gasteiger partial charge is 0.456 e. The average molecular weight is 904 g/mol. The van der Waals surface area contributed by atoms with Crippen LogP contribution in [0, 0.1) is 62.3 Å². The standard InChI is InChI=1S/C62H47B2N3O3/c1-30-18-33(4)54(34(5)19-30)39-24-46-59-47(25-39)64(56-37(8)22-32(3)23-38(56)9)58-45-27-43-41-15-11-13-17-51(41)70-53(43)29-49(45)66-61(58)67(59)60-57(63(46)55-35(6)20-31(2)21-36(55)7)44-26-42-40-14-10-12-16-50(40)69-52(42)28-48(44)65(60)62(66)68/h10-29H,1-9H3. The molecule has 7 heterocycles. The molecule has 0 spiro atoms. The Kier molecular flexibility index (Phi) is 7.67. The van der Waals surface area contributed by atoms with Crippen molar-refractivity contribution in [1.82, 2.24) is 13.4 Å². The van der Waals surface area contributed by atoms with E-state index in [1.165, 1.54) is 83.0 Å². The molecule has 2 aliphatic rings. The quantitative estimate of drug-likeness (QED) is 0.166. The Morgan fingerprint density at radius 2 is 0.800 bits per heavy atom. The molecule has 2 aliphatic heterocycles.